The minimum atomic E-state index is -0.214. The molecule has 0 radical (unpaired) electrons. The van der Waals surface area contributed by atoms with Crippen LogP contribution in [0, 0.1) is 11.3 Å². The van der Waals surface area contributed by atoms with Gasteiger partial charge in [-0.2, -0.15) is 0 Å². The van der Waals surface area contributed by atoms with Gasteiger partial charge in [-0.3, -0.25) is 9.59 Å². The highest BCUT2D eigenvalue weighted by Gasteiger charge is 2.40. The SMILES string of the molecule is CC(C)(C)[C@H]1CCc2nc3sc(C(=O)C[C@H](CCN4CCC(O)CC4)c4cccc(C(=O)N5CCC6NCCC65)c4)nc3cc2C1. The molecule has 0 saturated carbocycles. The molecule has 246 valence electrons. The molecule has 4 aliphatic rings. The average molecular weight is 644 g/mol. The van der Waals surface area contributed by atoms with E-state index in [2.05, 4.69) is 48.0 Å². The number of amides is 1. The van der Waals surface area contributed by atoms with E-state index in [4.69, 9.17) is 9.97 Å². The second-order valence-electron chi connectivity index (χ2n) is 15.3. The number of nitrogens with one attached hydrogen (secondary N) is 1. The number of rotatable bonds is 8. The highest BCUT2D eigenvalue weighted by Crippen LogP contribution is 2.38. The number of piperidine rings is 1. The molecule has 3 fully saturated rings. The topological polar surface area (TPSA) is 98.7 Å². The summed E-state index contributed by atoms with van der Waals surface area (Å²) >= 11 is 1.43. The average Bonchev–Trinajstić information content (AvgIpc) is 3.78. The molecule has 0 spiro atoms. The number of hydrogen-bond acceptors (Lipinski definition) is 8. The van der Waals surface area contributed by atoms with E-state index >= 15 is 0 Å². The van der Waals surface area contributed by atoms with Crippen molar-refractivity contribution in [1.82, 2.24) is 25.1 Å². The van der Waals surface area contributed by atoms with Crippen LogP contribution >= 0.6 is 11.3 Å². The van der Waals surface area contributed by atoms with Gasteiger partial charge in [0.25, 0.3) is 5.91 Å². The monoisotopic (exact) mass is 643 g/mol. The Balaban J connectivity index is 1.11. The first kappa shape index (κ1) is 31.9. The molecule has 5 heterocycles. The fourth-order valence-corrected chi connectivity index (χ4v) is 9.15. The van der Waals surface area contributed by atoms with Crippen LogP contribution in [0.15, 0.2) is 30.3 Å². The smallest absolute Gasteiger partial charge is 0.254 e. The lowest BCUT2D eigenvalue weighted by Crippen LogP contribution is -2.38. The van der Waals surface area contributed by atoms with Crippen molar-refractivity contribution in [2.45, 2.75) is 103 Å². The van der Waals surface area contributed by atoms with E-state index < -0.39 is 0 Å². The number of carbonyl (C=O) groups is 2. The van der Waals surface area contributed by atoms with Crippen LogP contribution in [0.4, 0.5) is 0 Å². The van der Waals surface area contributed by atoms with Gasteiger partial charge in [-0.05, 0) is 111 Å². The first-order valence-corrected chi connectivity index (χ1v) is 18.3. The molecule has 1 amide bonds. The zero-order chi connectivity index (χ0) is 32.0. The van der Waals surface area contributed by atoms with Crippen LogP contribution in [0.3, 0.4) is 0 Å². The van der Waals surface area contributed by atoms with E-state index in [1.54, 1.807) is 0 Å². The number of pyridine rings is 1. The van der Waals surface area contributed by atoms with E-state index in [9.17, 15) is 14.7 Å². The van der Waals surface area contributed by atoms with E-state index in [0.29, 0.717) is 29.0 Å². The Morgan fingerprint density at radius 3 is 2.70 bits per heavy atom. The van der Waals surface area contributed by atoms with Gasteiger partial charge >= 0.3 is 0 Å². The zero-order valence-electron chi connectivity index (χ0n) is 27.6. The Morgan fingerprint density at radius 1 is 1.07 bits per heavy atom. The van der Waals surface area contributed by atoms with E-state index in [-0.39, 0.29) is 35.2 Å². The molecule has 3 aliphatic heterocycles. The number of aryl methyl sites for hydroxylation is 1. The normalized spacial score (nSPS) is 24.7. The van der Waals surface area contributed by atoms with Gasteiger partial charge in [0.2, 0.25) is 0 Å². The van der Waals surface area contributed by atoms with Crippen molar-refractivity contribution >= 4 is 33.4 Å². The van der Waals surface area contributed by atoms with Crippen molar-refractivity contribution in [3.63, 3.8) is 0 Å². The molecule has 46 heavy (non-hydrogen) atoms. The molecule has 2 aromatic heterocycles. The van der Waals surface area contributed by atoms with Crippen molar-refractivity contribution in [1.29, 1.82) is 0 Å². The number of Topliss-reactive ketones (excluding diaryl/α,β-unsaturated/α-hetero) is 1. The Morgan fingerprint density at radius 2 is 1.89 bits per heavy atom. The number of carbonyl (C=O) groups excluding carboxylic acids is 2. The van der Waals surface area contributed by atoms with E-state index in [0.717, 1.165) is 100 Å². The number of fused-ring (bicyclic) bond motifs is 3. The molecular formula is C37H49N5O3S. The van der Waals surface area contributed by atoms with Crippen LogP contribution in [0.25, 0.3) is 10.3 Å². The number of aliphatic hydroxyl groups excluding tert-OH is 1. The van der Waals surface area contributed by atoms with Crippen molar-refractivity contribution in [3.8, 4) is 0 Å². The summed E-state index contributed by atoms with van der Waals surface area (Å²) in [7, 11) is 0. The molecule has 3 aromatic rings. The summed E-state index contributed by atoms with van der Waals surface area (Å²) in [6.45, 7) is 11.3. The molecule has 1 aromatic carbocycles. The predicted molar refractivity (Wildman–Crippen MR) is 183 cm³/mol. The minimum Gasteiger partial charge on any atom is -0.393 e. The first-order chi connectivity index (χ1) is 22.1. The van der Waals surface area contributed by atoms with E-state index in [1.807, 2.05) is 18.2 Å². The first-order valence-electron chi connectivity index (χ1n) is 17.5. The van der Waals surface area contributed by atoms with Crippen molar-refractivity contribution in [2.24, 2.45) is 11.3 Å². The molecule has 7 rings (SSSR count). The summed E-state index contributed by atoms with van der Waals surface area (Å²) in [5.41, 5.74) is 5.30. The third-order valence-corrected chi connectivity index (χ3v) is 12.3. The van der Waals surface area contributed by atoms with Crippen LogP contribution in [0.5, 0.6) is 0 Å². The van der Waals surface area contributed by atoms with Gasteiger partial charge in [0.15, 0.2) is 10.8 Å². The van der Waals surface area contributed by atoms with E-state index in [1.165, 1.54) is 22.6 Å². The molecule has 1 aliphatic carbocycles. The number of thiazole rings is 1. The summed E-state index contributed by atoms with van der Waals surface area (Å²) in [6, 6.07) is 10.9. The number of aliphatic hydroxyl groups is 1. The molecule has 4 atom stereocenters. The lowest BCUT2D eigenvalue weighted by atomic mass is 9.71. The van der Waals surface area contributed by atoms with Gasteiger partial charge in [-0.1, -0.05) is 44.2 Å². The summed E-state index contributed by atoms with van der Waals surface area (Å²) in [5.74, 6) is 0.728. The molecule has 0 bridgehead atoms. The number of benzene rings is 1. The Kier molecular flexibility index (Phi) is 9.04. The number of ketones is 1. The molecule has 3 saturated heterocycles. The predicted octanol–water partition coefficient (Wildman–Crippen LogP) is 5.62. The highest BCUT2D eigenvalue weighted by molar-refractivity contribution is 7.19. The fourth-order valence-electron chi connectivity index (χ4n) is 8.26. The van der Waals surface area contributed by atoms with Crippen LogP contribution in [-0.4, -0.2) is 87.5 Å². The van der Waals surface area contributed by atoms with Crippen LogP contribution in [0.1, 0.15) is 109 Å². The molecule has 2 unspecified atom stereocenters. The van der Waals surface area contributed by atoms with Crippen molar-refractivity contribution in [2.75, 3.05) is 32.7 Å². The summed E-state index contributed by atoms with van der Waals surface area (Å²) in [5, 5.41) is 14.1. The third kappa shape index (κ3) is 6.66. The van der Waals surface area contributed by atoms with Gasteiger partial charge in [-0.15, -0.1) is 0 Å². The number of likely N-dealkylation sites (tertiary alicyclic amines) is 2. The summed E-state index contributed by atoms with van der Waals surface area (Å²) in [6.07, 6.45) is 7.69. The minimum absolute atomic E-state index is 0.0349. The van der Waals surface area contributed by atoms with Crippen LogP contribution < -0.4 is 5.32 Å². The number of nitrogens with zero attached hydrogens (tertiary/aromatic N) is 4. The lowest BCUT2D eigenvalue weighted by molar-refractivity contribution is 0.0736. The largest absolute Gasteiger partial charge is 0.393 e. The summed E-state index contributed by atoms with van der Waals surface area (Å²) < 4.78 is 0. The van der Waals surface area contributed by atoms with Crippen molar-refractivity contribution < 1.29 is 14.7 Å². The molecular weight excluding hydrogens is 595 g/mol. The fraction of sp³-hybridized carbons (Fsp3) is 0.622. The van der Waals surface area contributed by atoms with Crippen LogP contribution in [-0.2, 0) is 12.8 Å². The van der Waals surface area contributed by atoms with Gasteiger partial charge < -0.3 is 20.2 Å². The van der Waals surface area contributed by atoms with Crippen molar-refractivity contribution in [3.05, 3.63) is 57.7 Å². The maximum Gasteiger partial charge on any atom is 0.254 e. The van der Waals surface area contributed by atoms with Gasteiger partial charge in [0.1, 0.15) is 10.3 Å². The second kappa shape index (κ2) is 13.1. The third-order valence-electron chi connectivity index (χ3n) is 11.3. The zero-order valence-corrected chi connectivity index (χ0v) is 28.5. The van der Waals surface area contributed by atoms with Crippen LogP contribution in [0.2, 0.25) is 0 Å². The lowest BCUT2D eigenvalue weighted by Gasteiger charge is -2.34. The Labute approximate surface area is 277 Å². The Bertz CT molecular complexity index is 1590. The quantitative estimate of drug-likeness (QED) is 0.308. The van der Waals surface area contributed by atoms with Gasteiger partial charge in [0, 0.05) is 49.4 Å². The number of aromatic nitrogens is 2. The van der Waals surface area contributed by atoms with Gasteiger partial charge in [-0.25, -0.2) is 9.97 Å². The van der Waals surface area contributed by atoms with Gasteiger partial charge in [0.05, 0.1) is 6.10 Å². The maximum absolute atomic E-state index is 13.9. The molecule has 9 heteroatoms. The second-order valence-corrected chi connectivity index (χ2v) is 16.2. The Hall–Kier alpha value is -2.72. The molecule has 8 nitrogen and oxygen atoms in total. The highest BCUT2D eigenvalue weighted by atomic mass is 32.1. The maximum atomic E-state index is 13.9. The standard InChI is InChI=1S/C37H49N5O3S/c1-37(2,3)27-7-8-29-26(20-27)21-31-34(39-29)46-35(40-31)33(44)22-24(10-15-41-16-11-28(43)12-17-41)23-5-4-6-25(19-23)36(45)42-18-13-30-32(42)9-14-38-30/h4-6,19,21,24,27-28,30,32,38,43H,7-18,20,22H2,1-3H3/t24-,27-,30?,32?/m0/s1. The molecule has 2 N–H and O–H groups in total. The summed E-state index contributed by atoms with van der Waals surface area (Å²) in [4.78, 5) is 42.8. The number of hydrogen-bond donors (Lipinski definition) is 2.